The highest BCUT2D eigenvalue weighted by Crippen LogP contribution is 2.38. The summed E-state index contributed by atoms with van der Waals surface area (Å²) in [5.41, 5.74) is 3.09. The number of fused-ring (bicyclic) bond motifs is 1. The van der Waals surface area contributed by atoms with Crippen LogP contribution in [0.1, 0.15) is 18.9 Å². The van der Waals surface area contributed by atoms with E-state index in [1.807, 2.05) is 12.1 Å². The summed E-state index contributed by atoms with van der Waals surface area (Å²) in [6.07, 6.45) is 2.08. The van der Waals surface area contributed by atoms with Crippen LogP contribution in [-0.4, -0.2) is 13.7 Å². The highest BCUT2D eigenvalue weighted by atomic mass is 19.3. The smallest absolute Gasteiger partial charge is 0.387 e. The van der Waals surface area contributed by atoms with Gasteiger partial charge in [-0.2, -0.15) is 8.78 Å². The lowest BCUT2D eigenvalue weighted by molar-refractivity contribution is -0.0513. The first-order valence-electron chi connectivity index (χ1n) is 8.38. The van der Waals surface area contributed by atoms with Gasteiger partial charge in [-0.15, -0.1) is 0 Å². The highest BCUT2D eigenvalue weighted by molar-refractivity contribution is 5.90. The molecule has 0 atom stereocenters. The van der Waals surface area contributed by atoms with Gasteiger partial charge >= 0.3 is 6.61 Å². The lowest BCUT2D eigenvalue weighted by Crippen LogP contribution is -2.04. The Hall–Kier alpha value is -2.69. The van der Waals surface area contributed by atoms with Gasteiger partial charge in [-0.1, -0.05) is 49.7 Å². The second kappa shape index (κ2) is 7.68. The van der Waals surface area contributed by atoms with E-state index in [4.69, 9.17) is 4.74 Å². The van der Waals surface area contributed by atoms with E-state index in [1.165, 1.54) is 18.7 Å². The van der Waals surface area contributed by atoms with Gasteiger partial charge in [0.15, 0.2) is 17.3 Å². The minimum absolute atomic E-state index is 0.287. The fraction of sp³-hybridized carbons (Fsp3) is 0.238. The van der Waals surface area contributed by atoms with Gasteiger partial charge in [0, 0.05) is 5.39 Å². The van der Waals surface area contributed by atoms with E-state index in [2.05, 4.69) is 23.8 Å². The van der Waals surface area contributed by atoms with Crippen LogP contribution in [0.4, 0.5) is 13.2 Å². The Bertz CT molecular complexity index is 905. The Morgan fingerprint density at radius 1 is 0.962 bits per heavy atom. The van der Waals surface area contributed by atoms with E-state index in [0.29, 0.717) is 5.39 Å². The Kier molecular flexibility index (Phi) is 5.35. The van der Waals surface area contributed by atoms with E-state index in [0.717, 1.165) is 24.0 Å². The number of halogens is 3. The number of rotatable bonds is 6. The lowest BCUT2D eigenvalue weighted by atomic mass is 9.99. The van der Waals surface area contributed by atoms with Gasteiger partial charge in [0.1, 0.15) is 0 Å². The number of methoxy groups -OCH3 is 1. The SMILES string of the molecule is CCCc1ccc(-c2ccc3c(F)c(OC)c(OC(F)F)cc3c2)cc1. The molecule has 0 aliphatic heterocycles. The predicted octanol–water partition coefficient (Wildman–Crippen LogP) is 6.21. The Labute approximate surface area is 150 Å². The van der Waals surface area contributed by atoms with Crippen molar-refractivity contribution in [2.24, 2.45) is 0 Å². The van der Waals surface area contributed by atoms with Crippen molar-refractivity contribution in [3.05, 3.63) is 59.9 Å². The zero-order chi connectivity index (χ0) is 18.7. The van der Waals surface area contributed by atoms with Gasteiger partial charge in [0.25, 0.3) is 0 Å². The molecule has 136 valence electrons. The maximum atomic E-state index is 14.6. The van der Waals surface area contributed by atoms with Crippen molar-refractivity contribution in [1.82, 2.24) is 0 Å². The highest BCUT2D eigenvalue weighted by Gasteiger charge is 2.18. The maximum Gasteiger partial charge on any atom is 0.387 e. The largest absolute Gasteiger partial charge is 0.490 e. The molecule has 3 aromatic rings. The molecule has 0 aliphatic carbocycles. The normalized spacial score (nSPS) is 11.2. The zero-order valence-electron chi connectivity index (χ0n) is 14.6. The molecule has 26 heavy (non-hydrogen) atoms. The summed E-state index contributed by atoms with van der Waals surface area (Å²) in [5.74, 6) is -1.36. The molecule has 0 N–H and O–H groups in total. The predicted molar refractivity (Wildman–Crippen MR) is 96.5 cm³/mol. The number of alkyl halides is 2. The third-order valence-electron chi connectivity index (χ3n) is 4.24. The molecule has 0 fully saturated rings. The van der Waals surface area contributed by atoms with Crippen LogP contribution in [0.5, 0.6) is 11.5 Å². The number of hydrogen-bond donors (Lipinski definition) is 0. The molecule has 0 amide bonds. The molecule has 0 radical (unpaired) electrons. The summed E-state index contributed by atoms with van der Waals surface area (Å²) >= 11 is 0. The maximum absolute atomic E-state index is 14.6. The van der Waals surface area contributed by atoms with E-state index < -0.39 is 12.4 Å². The van der Waals surface area contributed by atoms with Crippen molar-refractivity contribution in [1.29, 1.82) is 0 Å². The van der Waals surface area contributed by atoms with Gasteiger partial charge in [-0.3, -0.25) is 0 Å². The Balaban J connectivity index is 2.07. The molecular weight excluding hydrogens is 341 g/mol. The van der Waals surface area contributed by atoms with Crippen LogP contribution in [0.3, 0.4) is 0 Å². The lowest BCUT2D eigenvalue weighted by Gasteiger charge is -2.13. The molecule has 0 aromatic heterocycles. The van der Waals surface area contributed by atoms with Gasteiger partial charge in [0.2, 0.25) is 0 Å². The topological polar surface area (TPSA) is 18.5 Å². The van der Waals surface area contributed by atoms with Gasteiger partial charge in [0.05, 0.1) is 7.11 Å². The molecule has 0 saturated carbocycles. The van der Waals surface area contributed by atoms with E-state index in [-0.39, 0.29) is 16.9 Å². The first-order chi connectivity index (χ1) is 12.5. The van der Waals surface area contributed by atoms with Crippen molar-refractivity contribution in [3.63, 3.8) is 0 Å². The molecule has 0 heterocycles. The summed E-state index contributed by atoms with van der Waals surface area (Å²) < 4.78 is 49.1. The monoisotopic (exact) mass is 360 g/mol. The van der Waals surface area contributed by atoms with Crippen LogP contribution in [-0.2, 0) is 6.42 Å². The molecule has 0 saturated heterocycles. The molecule has 5 heteroatoms. The fourth-order valence-corrected chi connectivity index (χ4v) is 3.03. The van der Waals surface area contributed by atoms with Crippen LogP contribution in [0.15, 0.2) is 48.5 Å². The second-order valence-electron chi connectivity index (χ2n) is 5.98. The van der Waals surface area contributed by atoms with E-state index in [1.54, 1.807) is 18.2 Å². The summed E-state index contributed by atoms with van der Waals surface area (Å²) in [6, 6.07) is 14.7. The first kappa shape index (κ1) is 18.1. The third-order valence-corrected chi connectivity index (χ3v) is 4.24. The van der Waals surface area contributed by atoms with Crippen molar-refractivity contribution in [3.8, 4) is 22.6 Å². The molecule has 0 spiro atoms. The number of ether oxygens (including phenoxy) is 2. The van der Waals surface area contributed by atoms with Crippen molar-refractivity contribution < 1.29 is 22.6 Å². The molecule has 0 bridgehead atoms. The van der Waals surface area contributed by atoms with E-state index in [9.17, 15) is 13.2 Å². The van der Waals surface area contributed by atoms with Crippen LogP contribution >= 0.6 is 0 Å². The summed E-state index contributed by atoms with van der Waals surface area (Å²) in [7, 11) is 1.22. The summed E-state index contributed by atoms with van der Waals surface area (Å²) in [4.78, 5) is 0. The van der Waals surface area contributed by atoms with Crippen LogP contribution in [0, 0.1) is 5.82 Å². The van der Waals surface area contributed by atoms with Crippen LogP contribution in [0.2, 0.25) is 0 Å². The second-order valence-corrected chi connectivity index (χ2v) is 5.98. The molecule has 3 rings (SSSR count). The van der Waals surface area contributed by atoms with Crippen molar-refractivity contribution in [2.45, 2.75) is 26.4 Å². The van der Waals surface area contributed by atoms with Gasteiger partial charge < -0.3 is 9.47 Å². The zero-order valence-corrected chi connectivity index (χ0v) is 14.6. The summed E-state index contributed by atoms with van der Waals surface area (Å²) in [5, 5.41) is 0.754. The fourth-order valence-electron chi connectivity index (χ4n) is 3.03. The Morgan fingerprint density at radius 2 is 1.65 bits per heavy atom. The standard InChI is InChI=1S/C21H19F3O2/c1-3-4-13-5-7-14(8-6-13)15-9-10-17-16(11-15)12-18(26-21(23)24)20(25-2)19(17)22/h5-12,21H,3-4H2,1-2H3. The van der Waals surface area contributed by atoms with Gasteiger partial charge in [-0.25, -0.2) is 4.39 Å². The molecular formula is C21H19F3O2. The quantitative estimate of drug-likeness (QED) is 0.520. The molecule has 3 aromatic carbocycles. The van der Waals surface area contributed by atoms with Crippen LogP contribution in [0.25, 0.3) is 21.9 Å². The average molecular weight is 360 g/mol. The van der Waals surface area contributed by atoms with Crippen molar-refractivity contribution >= 4 is 10.8 Å². The van der Waals surface area contributed by atoms with Crippen molar-refractivity contribution in [2.75, 3.05) is 7.11 Å². The van der Waals surface area contributed by atoms with E-state index >= 15 is 0 Å². The number of benzene rings is 3. The molecule has 0 unspecified atom stereocenters. The average Bonchev–Trinajstić information content (AvgIpc) is 2.62. The first-order valence-corrected chi connectivity index (χ1v) is 8.38. The minimum Gasteiger partial charge on any atom is -0.490 e. The van der Waals surface area contributed by atoms with Gasteiger partial charge in [-0.05, 0) is 40.6 Å². The molecule has 0 aliphatic rings. The number of hydrogen-bond acceptors (Lipinski definition) is 2. The summed E-state index contributed by atoms with van der Waals surface area (Å²) in [6.45, 7) is -0.936. The number of aryl methyl sites for hydroxylation is 1. The van der Waals surface area contributed by atoms with Crippen LogP contribution < -0.4 is 9.47 Å². The minimum atomic E-state index is -3.06. The third kappa shape index (κ3) is 3.62. The molecule has 2 nitrogen and oxygen atoms in total. The Morgan fingerprint density at radius 3 is 2.27 bits per heavy atom.